The SMILES string of the molecule is CC1=Cc2c(cccc2-c2cc(C(C)(C)C)cc(C(C)(C)C)c2)[CH]1. The van der Waals surface area contributed by atoms with Crippen molar-refractivity contribution in [2.45, 2.75) is 59.3 Å². The summed E-state index contributed by atoms with van der Waals surface area (Å²) in [5, 5.41) is 0. The van der Waals surface area contributed by atoms with Crippen molar-refractivity contribution in [1.82, 2.24) is 0 Å². The second kappa shape index (κ2) is 5.62. The van der Waals surface area contributed by atoms with Gasteiger partial charge in [0, 0.05) is 6.42 Å². The van der Waals surface area contributed by atoms with Crippen LogP contribution >= 0.6 is 0 Å². The lowest BCUT2D eigenvalue weighted by molar-refractivity contribution is 0.569. The van der Waals surface area contributed by atoms with Gasteiger partial charge in [-0.15, -0.1) is 0 Å². The van der Waals surface area contributed by atoms with Crippen molar-refractivity contribution in [3.05, 3.63) is 70.6 Å². The third kappa shape index (κ3) is 3.20. The van der Waals surface area contributed by atoms with Crippen LogP contribution in [0.5, 0.6) is 0 Å². The fraction of sp³-hybridized carbons (Fsp3) is 0.375. The molecule has 0 nitrogen and oxygen atoms in total. The monoisotopic (exact) mass is 317 g/mol. The lowest BCUT2D eigenvalue weighted by Gasteiger charge is -2.26. The highest BCUT2D eigenvalue weighted by Gasteiger charge is 2.22. The van der Waals surface area contributed by atoms with E-state index < -0.39 is 0 Å². The quantitative estimate of drug-likeness (QED) is 0.535. The van der Waals surface area contributed by atoms with E-state index in [1.165, 1.54) is 39.0 Å². The molecule has 0 unspecified atom stereocenters. The van der Waals surface area contributed by atoms with Crippen molar-refractivity contribution in [1.29, 1.82) is 0 Å². The van der Waals surface area contributed by atoms with Crippen LogP contribution in [0.3, 0.4) is 0 Å². The lowest BCUT2D eigenvalue weighted by atomic mass is 9.78. The van der Waals surface area contributed by atoms with Gasteiger partial charge in [0.2, 0.25) is 0 Å². The van der Waals surface area contributed by atoms with Crippen LogP contribution in [0.25, 0.3) is 17.2 Å². The molecule has 0 spiro atoms. The zero-order chi connectivity index (χ0) is 17.7. The van der Waals surface area contributed by atoms with E-state index in [0.717, 1.165) is 0 Å². The molecule has 0 heterocycles. The van der Waals surface area contributed by atoms with E-state index in [1.54, 1.807) is 0 Å². The predicted molar refractivity (Wildman–Crippen MR) is 106 cm³/mol. The summed E-state index contributed by atoms with van der Waals surface area (Å²) in [6, 6.07) is 13.8. The Morgan fingerprint density at radius 3 is 1.88 bits per heavy atom. The van der Waals surface area contributed by atoms with Crippen LogP contribution in [-0.4, -0.2) is 0 Å². The molecule has 24 heavy (non-hydrogen) atoms. The molecule has 1 radical (unpaired) electrons. The topological polar surface area (TPSA) is 0 Å². The van der Waals surface area contributed by atoms with Gasteiger partial charge < -0.3 is 0 Å². The molecule has 0 aromatic heterocycles. The number of benzene rings is 2. The summed E-state index contributed by atoms with van der Waals surface area (Å²) in [6.45, 7) is 16.0. The summed E-state index contributed by atoms with van der Waals surface area (Å²) < 4.78 is 0. The molecule has 0 atom stereocenters. The van der Waals surface area contributed by atoms with Crippen molar-refractivity contribution in [3.63, 3.8) is 0 Å². The molecule has 1 aliphatic carbocycles. The fourth-order valence-electron chi connectivity index (χ4n) is 3.29. The average molecular weight is 317 g/mol. The molecule has 0 saturated carbocycles. The van der Waals surface area contributed by atoms with Crippen LogP contribution in [0, 0.1) is 6.42 Å². The van der Waals surface area contributed by atoms with Crippen LogP contribution < -0.4 is 0 Å². The fourth-order valence-corrected chi connectivity index (χ4v) is 3.29. The molecule has 0 heteroatoms. The molecule has 0 bridgehead atoms. The molecular weight excluding hydrogens is 288 g/mol. The van der Waals surface area contributed by atoms with Crippen LogP contribution in [0.4, 0.5) is 0 Å². The molecule has 1 aliphatic rings. The summed E-state index contributed by atoms with van der Waals surface area (Å²) in [7, 11) is 0. The summed E-state index contributed by atoms with van der Waals surface area (Å²) in [4.78, 5) is 0. The smallest absolute Gasteiger partial charge is 0.0161 e. The van der Waals surface area contributed by atoms with Crippen LogP contribution in [-0.2, 0) is 10.8 Å². The second-order valence-electron chi connectivity index (χ2n) is 9.14. The van der Waals surface area contributed by atoms with Crippen molar-refractivity contribution in [3.8, 4) is 11.1 Å². The zero-order valence-electron chi connectivity index (χ0n) is 16.1. The van der Waals surface area contributed by atoms with Gasteiger partial charge in [0.25, 0.3) is 0 Å². The van der Waals surface area contributed by atoms with Crippen LogP contribution in [0.15, 0.2) is 42.0 Å². The maximum Gasteiger partial charge on any atom is 0.0161 e. The van der Waals surface area contributed by atoms with E-state index in [1.807, 2.05) is 0 Å². The minimum absolute atomic E-state index is 0.145. The molecule has 0 saturated heterocycles. The molecule has 0 amide bonds. The van der Waals surface area contributed by atoms with Gasteiger partial charge in [-0.25, -0.2) is 0 Å². The Morgan fingerprint density at radius 1 is 0.750 bits per heavy atom. The van der Waals surface area contributed by atoms with Gasteiger partial charge in [-0.3, -0.25) is 0 Å². The minimum Gasteiger partial charge on any atom is -0.0642 e. The second-order valence-corrected chi connectivity index (χ2v) is 9.14. The Labute approximate surface area is 147 Å². The standard InChI is InChI=1S/C24H29/c1-16-11-17-9-8-10-21(22(17)12-16)18-13-19(23(2,3)4)15-20(14-18)24(5,6)7/h8-15H,1-7H3. The highest BCUT2D eigenvalue weighted by atomic mass is 14.3. The summed E-state index contributed by atoms with van der Waals surface area (Å²) in [6.07, 6.45) is 4.59. The molecule has 2 aromatic rings. The number of hydrogen-bond acceptors (Lipinski definition) is 0. The van der Waals surface area contributed by atoms with E-state index in [2.05, 4.69) is 97.4 Å². The number of rotatable bonds is 1. The summed E-state index contributed by atoms with van der Waals surface area (Å²) >= 11 is 0. The largest absolute Gasteiger partial charge is 0.0642 e. The highest BCUT2D eigenvalue weighted by Crippen LogP contribution is 2.38. The van der Waals surface area contributed by atoms with Gasteiger partial charge in [-0.05, 0) is 51.1 Å². The van der Waals surface area contributed by atoms with Gasteiger partial charge >= 0.3 is 0 Å². The average Bonchev–Trinajstić information content (AvgIpc) is 2.84. The van der Waals surface area contributed by atoms with Crippen molar-refractivity contribution in [2.75, 3.05) is 0 Å². The van der Waals surface area contributed by atoms with Crippen molar-refractivity contribution < 1.29 is 0 Å². The Balaban J connectivity index is 2.25. The molecule has 0 fully saturated rings. The van der Waals surface area contributed by atoms with E-state index in [-0.39, 0.29) is 10.8 Å². The molecule has 0 aliphatic heterocycles. The first-order chi connectivity index (χ1) is 11.1. The lowest BCUT2D eigenvalue weighted by Crippen LogP contribution is -2.16. The number of hydrogen-bond donors (Lipinski definition) is 0. The third-order valence-corrected chi connectivity index (χ3v) is 4.87. The zero-order valence-corrected chi connectivity index (χ0v) is 16.1. The maximum absolute atomic E-state index is 2.39. The third-order valence-electron chi connectivity index (χ3n) is 4.87. The summed E-state index contributed by atoms with van der Waals surface area (Å²) in [5.74, 6) is 0. The molecule has 0 N–H and O–H groups in total. The Hall–Kier alpha value is -1.82. The first kappa shape index (κ1) is 17.0. The summed E-state index contributed by atoms with van der Waals surface area (Å²) in [5.41, 5.74) is 9.82. The number of fused-ring (bicyclic) bond motifs is 1. The Kier molecular flexibility index (Phi) is 3.98. The normalized spacial score (nSPS) is 14.5. The Bertz CT molecular complexity index is 773. The van der Waals surface area contributed by atoms with Gasteiger partial charge in [0.15, 0.2) is 0 Å². The van der Waals surface area contributed by atoms with Crippen molar-refractivity contribution in [2.24, 2.45) is 0 Å². The van der Waals surface area contributed by atoms with Gasteiger partial charge in [0.1, 0.15) is 0 Å². The van der Waals surface area contributed by atoms with E-state index in [0.29, 0.717) is 0 Å². The van der Waals surface area contributed by atoms with Crippen LogP contribution in [0.2, 0.25) is 0 Å². The maximum atomic E-state index is 2.39. The van der Waals surface area contributed by atoms with E-state index >= 15 is 0 Å². The molecular formula is C24H29. The number of allylic oxidation sites excluding steroid dienone is 1. The molecule has 2 aromatic carbocycles. The van der Waals surface area contributed by atoms with Gasteiger partial charge in [-0.1, -0.05) is 89.6 Å². The van der Waals surface area contributed by atoms with Gasteiger partial charge in [-0.2, -0.15) is 0 Å². The van der Waals surface area contributed by atoms with Gasteiger partial charge in [0.05, 0.1) is 0 Å². The van der Waals surface area contributed by atoms with Crippen LogP contribution in [0.1, 0.15) is 70.7 Å². The minimum atomic E-state index is 0.145. The highest BCUT2D eigenvalue weighted by molar-refractivity contribution is 5.83. The van der Waals surface area contributed by atoms with E-state index in [4.69, 9.17) is 0 Å². The predicted octanol–water partition coefficient (Wildman–Crippen LogP) is 6.92. The van der Waals surface area contributed by atoms with Crippen molar-refractivity contribution >= 4 is 6.08 Å². The first-order valence-corrected chi connectivity index (χ1v) is 8.88. The molecule has 125 valence electrons. The first-order valence-electron chi connectivity index (χ1n) is 8.88. The van der Waals surface area contributed by atoms with E-state index in [9.17, 15) is 0 Å². The Morgan fingerprint density at radius 2 is 1.33 bits per heavy atom. The molecule has 3 rings (SSSR count).